The molecule has 2 rings (SSSR count). The van der Waals surface area contributed by atoms with Gasteiger partial charge in [-0.15, -0.1) is 0 Å². The SMILES string of the molecule is COc1c(Cl)cc(C(=O)N(C)CC(=O)Nc2ccc(F)cc2)cc1Cl. The highest BCUT2D eigenvalue weighted by atomic mass is 35.5. The lowest BCUT2D eigenvalue weighted by atomic mass is 10.2. The molecule has 0 fully saturated rings. The summed E-state index contributed by atoms with van der Waals surface area (Å²) in [5, 5.41) is 2.97. The molecule has 5 nitrogen and oxygen atoms in total. The summed E-state index contributed by atoms with van der Waals surface area (Å²) >= 11 is 12.0. The van der Waals surface area contributed by atoms with Crippen LogP contribution in [0.5, 0.6) is 5.75 Å². The summed E-state index contributed by atoms with van der Waals surface area (Å²) in [4.78, 5) is 25.6. The summed E-state index contributed by atoms with van der Waals surface area (Å²) < 4.78 is 17.9. The number of nitrogens with zero attached hydrogens (tertiary/aromatic N) is 1. The number of anilines is 1. The smallest absolute Gasteiger partial charge is 0.254 e. The van der Waals surface area contributed by atoms with Crippen LogP contribution in [0.15, 0.2) is 36.4 Å². The van der Waals surface area contributed by atoms with E-state index in [1.165, 1.54) is 55.5 Å². The summed E-state index contributed by atoms with van der Waals surface area (Å²) in [6.45, 7) is -0.197. The molecule has 0 bridgehead atoms. The van der Waals surface area contributed by atoms with Gasteiger partial charge in [0.25, 0.3) is 5.91 Å². The fraction of sp³-hybridized carbons (Fsp3) is 0.176. The summed E-state index contributed by atoms with van der Waals surface area (Å²) in [7, 11) is 2.89. The monoisotopic (exact) mass is 384 g/mol. The summed E-state index contributed by atoms with van der Waals surface area (Å²) in [5.74, 6) is -0.982. The van der Waals surface area contributed by atoms with Gasteiger partial charge in [-0.3, -0.25) is 9.59 Å². The van der Waals surface area contributed by atoms with Gasteiger partial charge in [0.05, 0.1) is 23.7 Å². The van der Waals surface area contributed by atoms with E-state index in [0.29, 0.717) is 5.69 Å². The minimum absolute atomic E-state index is 0.197. The maximum atomic E-state index is 12.9. The molecule has 0 heterocycles. The fourth-order valence-corrected chi connectivity index (χ4v) is 2.76. The lowest BCUT2D eigenvalue weighted by molar-refractivity contribution is -0.116. The molecule has 0 unspecified atom stereocenters. The number of benzene rings is 2. The Morgan fingerprint density at radius 1 is 1.16 bits per heavy atom. The van der Waals surface area contributed by atoms with Gasteiger partial charge in [-0.25, -0.2) is 4.39 Å². The molecular formula is C17H15Cl2FN2O3. The highest BCUT2D eigenvalue weighted by Crippen LogP contribution is 2.34. The maximum Gasteiger partial charge on any atom is 0.254 e. The lowest BCUT2D eigenvalue weighted by Gasteiger charge is -2.18. The van der Waals surface area contributed by atoms with Crippen molar-refractivity contribution >= 4 is 40.7 Å². The number of likely N-dealkylation sites (N-methyl/N-ethyl adjacent to an activating group) is 1. The quantitative estimate of drug-likeness (QED) is 0.851. The van der Waals surface area contributed by atoms with Gasteiger partial charge < -0.3 is 15.0 Å². The van der Waals surface area contributed by atoms with E-state index in [1.807, 2.05) is 0 Å². The average molecular weight is 385 g/mol. The topological polar surface area (TPSA) is 58.6 Å². The summed E-state index contributed by atoms with van der Waals surface area (Å²) in [6.07, 6.45) is 0. The van der Waals surface area contributed by atoms with Crippen LogP contribution in [-0.4, -0.2) is 37.4 Å². The number of methoxy groups -OCH3 is 1. The molecule has 0 atom stereocenters. The standard InChI is InChI=1S/C17H15Cl2FN2O3/c1-22(9-15(23)21-12-5-3-11(20)4-6-12)17(24)10-7-13(18)16(25-2)14(19)8-10/h3-8H,9H2,1-2H3,(H,21,23). The highest BCUT2D eigenvalue weighted by molar-refractivity contribution is 6.37. The van der Waals surface area contributed by atoms with Crippen molar-refractivity contribution in [2.24, 2.45) is 0 Å². The van der Waals surface area contributed by atoms with Gasteiger partial charge >= 0.3 is 0 Å². The zero-order valence-corrected chi connectivity index (χ0v) is 15.0. The van der Waals surface area contributed by atoms with Gasteiger partial charge in [-0.2, -0.15) is 0 Å². The minimum atomic E-state index is -0.430. The Morgan fingerprint density at radius 3 is 2.24 bits per heavy atom. The van der Waals surface area contributed by atoms with Crippen LogP contribution in [0.3, 0.4) is 0 Å². The molecule has 0 aliphatic carbocycles. The van der Waals surface area contributed by atoms with Crippen LogP contribution in [0, 0.1) is 5.82 Å². The molecule has 0 aliphatic rings. The number of rotatable bonds is 5. The van der Waals surface area contributed by atoms with Crippen LogP contribution in [0.25, 0.3) is 0 Å². The Kier molecular flexibility index (Phi) is 6.22. The zero-order chi connectivity index (χ0) is 18.6. The molecule has 2 amide bonds. The average Bonchev–Trinajstić information content (AvgIpc) is 2.55. The van der Waals surface area contributed by atoms with E-state index in [9.17, 15) is 14.0 Å². The summed E-state index contributed by atoms with van der Waals surface area (Å²) in [5.41, 5.74) is 0.663. The number of nitrogens with one attached hydrogen (secondary N) is 1. The fourth-order valence-electron chi connectivity index (χ4n) is 2.12. The largest absolute Gasteiger partial charge is 0.494 e. The minimum Gasteiger partial charge on any atom is -0.494 e. The Bertz CT molecular complexity index is 774. The molecule has 0 aromatic heterocycles. The predicted octanol–water partition coefficient (Wildman–Crippen LogP) is 3.85. The number of amides is 2. The van der Waals surface area contributed by atoms with E-state index in [0.717, 1.165) is 0 Å². The van der Waals surface area contributed by atoms with Crippen molar-refractivity contribution in [2.45, 2.75) is 0 Å². The molecular weight excluding hydrogens is 370 g/mol. The van der Waals surface area contributed by atoms with Crippen molar-refractivity contribution in [2.75, 3.05) is 26.0 Å². The Balaban J connectivity index is 2.04. The van der Waals surface area contributed by atoms with Gasteiger partial charge in [-0.1, -0.05) is 23.2 Å². The maximum absolute atomic E-state index is 12.9. The summed E-state index contributed by atoms with van der Waals surface area (Å²) in [6, 6.07) is 8.15. The second-order valence-corrected chi connectivity index (χ2v) is 6.00. The van der Waals surface area contributed by atoms with Crippen molar-refractivity contribution in [1.29, 1.82) is 0 Å². The Labute approximate surface area is 154 Å². The van der Waals surface area contributed by atoms with Crippen molar-refractivity contribution in [3.8, 4) is 5.75 Å². The third-order valence-electron chi connectivity index (χ3n) is 3.30. The number of hydrogen-bond acceptors (Lipinski definition) is 3. The third-order valence-corrected chi connectivity index (χ3v) is 3.87. The van der Waals surface area contributed by atoms with Gasteiger partial charge in [0.1, 0.15) is 5.82 Å². The van der Waals surface area contributed by atoms with Gasteiger partial charge in [-0.05, 0) is 36.4 Å². The lowest BCUT2D eigenvalue weighted by Crippen LogP contribution is -2.34. The van der Waals surface area contributed by atoms with E-state index in [1.54, 1.807) is 0 Å². The molecule has 2 aromatic rings. The molecule has 0 radical (unpaired) electrons. The number of carbonyl (C=O) groups is 2. The first-order valence-corrected chi connectivity index (χ1v) is 7.91. The van der Waals surface area contributed by atoms with Crippen molar-refractivity contribution in [3.05, 3.63) is 57.8 Å². The molecule has 132 valence electrons. The zero-order valence-electron chi connectivity index (χ0n) is 13.5. The van der Waals surface area contributed by atoms with Crippen LogP contribution in [0.2, 0.25) is 10.0 Å². The van der Waals surface area contributed by atoms with Gasteiger partial charge in [0, 0.05) is 18.3 Å². The Morgan fingerprint density at radius 2 is 1.72 bits per heavy atom. The van der Waals surface area contributed by atoms with E-state index >= 15 is 0 Å². The second kappa shape index (κ2) is 8.18. The molecule has 0 aliphatic heterocycles. The first-order valence-electron chi connectivity index (χ1n) is 7.15. The second-order valence-electron chi connectivity index (χ2n) is 5.19. The molecule has 1 N–H and O–H groups in total. The third kappa shape index (κ3) is 4.84. The van der Waals surface area contributed by atoms with Crippen LogP contribution in [0.4, 0.5) is 10.1 Å². The Hall–Kier alpha value is -2.31. The molecule has 0 spiro atoms. The number of halogens is 3. The number of ether oxygens (including phenoxy) is 1. The first-order chi connectivity index (χ1) is 11.8. The van der Waals surface area contributed by atoms with Crippen LogP contribution < -0.4 is 10.1 Å². The highest BCUT2D eigenvalue weighted by Gasteiger charge is 2.18. The van der Waals surface area contributed by atoms with E-state index in [2.05, 4.69) is 5.32 Å². The van der Waals surface area contributed by atoms with Gasteiger partial charge in [0.15, 0.2) is 5.75 Å². The van der Waals surface area contributed by atoms with Gasteiger partial charge in [0.2, 0.25) is 5.91 Å². The molecule has 25 heavy (non-hydrogen) atoms. The van der Waals surface area contributed by atoms with E-state index < -0.39 is 17.6 Å². The van der Waals surface area contributed by atoms with Crippen molar-refractivity contribution in [3.63, 3.8) is 0 Å². The molecule has 8 heteroatoms. The normalized spacial score (nSPS) is 10.3. The van der Waals surface area contributed by atoms with Crippen LogP contribution in [-0.2, 0) is 4.79 Å². The van der Waals surface area contributed by atoms with Crippen LogP contribution in [0.1, 0.15) is 10.4 Å². The first kappa shape index (κ1) is 19.0. The predicted molar refractivity (Wildman–Crippen MR) is 95.0 cm³/mol. The number of hydrogen-bond donors (Lipinski definition) is 1. The molecule has 0 saturated heterocycles. The van der Waals surface area contributed by atoms with Crippen LogP contribution >= 0.6 is 23.2 Å². The number of carbonyl (C=O) groups excluding carboxylic acids is 2. The molecule has 2 aromatic carbocycles. The van der Waals surface area contributed by atoms with Crippen molar-refractivity contribution in [1.82, 2.24) is 4.90 Å². The van der Waals surface area contributed by atoms with Crippen molar-refractivity contribution < 1.29 is 18.7 Å². The van der Waals surface area contributed by atoms with E-state index in [-0.39, 0.29) is 27.9 Å². The van der Waals surface area contributed by atoms with E-state index in [4.69, 9.17) is 27.9 Å². The molecule has 0 saturated carbocycles.